The second-order valence-corrected chi connectivity index (χ2v) is 7.92. The Kier molecular flexibility index (Phi) is 11.8. The summed E-state index contributed by atoms with van der Waals surface area (Å²) in [6.45, 7) is 3.21. The summed E-state index contributed by atoms with van der Waals surface area (Å²) >= 11 is 0. The average molecular weight is 449 g/mol. The van der Waals surface area contributed by atoms with Crippen LogP contribution in [0.3, 0.4) is 0 Å². The van der Waals surface area contributed by atoms with Crippen LogP contribution in [0.5, 0.6) is 11.5 Å². The third-order valence-electron chi connectivity index (χ3n) is 5.30. The molecule has 0 amide bonds. The van der Waals surface area contributed by atoms with Gasteiger partial charge < -0.3 is 28.5 Å². The first-order chi connectivity index (χ1) is 15.6. The molecule has 32 heavy (non-hydrogen) atoms. The molecular weight excluding hydrogens is 412 g/mol. The minimum absolute atomic E-state index is 0.0891. The summed E-state index contributed by atoms with van der Waals surface area (Å²) in [4.78, 5) is 22.5. The molecule has 0 saturated heterocycles. The highest BCUT2D eigenvalue weighted by atomic mass is 16.5. The van der Waals surface area contributed by atoms with E-state index in [1.54, 1.807) is 14.2 Å². The van der Waals surface area contributed by atoms with Crippen LogP contribution >= 0.6 is 0 Å². The molecule has 1 aliphatic heterocycles. The van der Waals surface area contributed by atoms with Crippen LogP contribution in [0.2, 0.25) is 0 Å². The SMILES string of the molecule is COCCOc1ccc(CO[C@H](CCCCCCC=O)CC2=C[C@H](C)OC2=O)cc1OC. The molecule has 0 radical (unpaired) electrons. The second-order valence-electron chi connectivity index (χ2n) is 7.92. The lowest BCUT2D eigenvalue weighted by molar-refractivity contribution is -0.139. The first-order valence-electron chi connectivity index (χ1n) is 11.3. The summed E-state index contributed by atoms with van der Waals surface area (Å²) in [7, 11) is 3.24. The second kappa shape index (κ2) is 14.6. The number of cyclic esters (lactones) is 1. The van der Waals surface area contributed by atoms with E-state index in [2.05, 4.69) is 0 Å². The Labute approximate surface area is 191 Å². The molecule has 0 spiro atoms. The summed E-state index contributed by atoms with van der Waals surface area (Å²) in [5.74, 6) is 1.05. The van der Waals surface area contributed by atoms with E-state index in [0.717, 1.165) is 44.0 Å². The molecule has 0 saturated carbocycles. The van der Waals surface area contributed by atoms with Crippen LogP contribution in [0.25, 0.3) is 0 Å². The number of methoxy groups -OCH3 is 2. The van der Waals surface area contributed by atoms with Gasteiger partial charge in [0, 0.05) is 25.5 Å². The van der Waals surface area contributed by atoms with Crippen molar-refractivity contribution in [2.45, 2.75) is 70.7 Å². The molecule has 0 aromatic heterocycles. The maximum atomic E-state index is 12.1. The zero-order valence-electron chi connectivity index (χ0n) is 19.5. The van der Waals surface area contributed by atoms with Gasteiger partial charge in [0.1, 0.15) is 19.0 Å². The molecule has 0 unspecified atom stereocenters. The largest absolute Gasteiger partial charge is 0.493 e. The van der Waals surface area contributed by atoms with E-state index in [1.165, 1.54) is 0 Å². The third-order valence-corrected chi connectivity index (χ3v) is 5.30. The van der Waals surface area contributed by atoms with E-state index >= 15 is 0 Å². The monoisotopic (exact) mass is 448 g/mol. The van der Waals surface area contributed by atoms with Gasteiger partial charge in [-0.2, -0.15) is 0 Å². The Balaban J connectivity index is 1.94. The molecule has 0 N–H and O–H groups in total. The number of aldehydes is 1. The highest BCUT2D eigenvalue weighted by Crippen LogP contribution is 2.29. The Morgan fingerprint density at radius 2 is 1.91 bits per heavy atom. The normalized spacial score (nSPS) is 16.4. The molecule has 0 aliphatic carbocycles. The standard InChI is InChI=1S/C25H36O7/c1-19-15-21(25(27)32-19)17-22(9-7-5-4-6-8-12-26)31-18-20-10-11-23(24(16-20)29-3)30-14-13-28-2/h10-12,15-16,19,22H,4-9,13-14,17-18H2,1-3H3/t19-,22+/m0/s1. The molecule has 0 bridgehead atoms. The van der Waals surface area contributed by atoms with Crippen LogP contribution < -0.4 is 9.47 Å². The van der Waals surface area contributed by atoms with Crippen molar-refractivity contribution in [3.05, 3.63) is 35.4 Å². The van der Waals surface area contributed by atoms with Crippen molar-refractivity contribution < 1.29 is 33.3 Å². The number of unbranched alkanes of at least 4 members (excludes halogenated alkanes) is 4. The highest BCUT2D eigenvalue weighted by Gasteiger charge is 2.25. The van der Waals surface area contributed by atoms with E-state index in [4.69, 9.17) is 23.7 Å². The molecule has 178 valence electrons. The number of ether oxygens (including phenoxy) is 5. The van der Waals surface area contributed by atoms with E-state index in [0.29, 0.717) is 49.7 Å². The van der Waals surface area contributed by atoms with Gasteiger partial charge in [-0.1, -0.05) is 25.3 Å². The lowest BCUT2D eigenvalue weighted by atomic mass is 10.0. The number of carbonyl (C=O) groups excluding carboxylic acids is 2. The van der Waals surface area contributed by atoms with Gasteiger partial charge in [0.2, 0.25) is 0 Å². The molecule has 1 aromatic rings. The Morgan fingerprint density at radius 3 is 2.59 bits per heavy atom. The van der Waals surface area contributed by atoms with Crippen LogP contribution in [0.4, 0.5) is 0 Å². The van der Waals surface area contributed by atoms with Crippen molar-refractivity contribution in [3.63, 3.8) is 0 Å². The zero-order valence-corrected chi connectivity index (χ0v) is 19.5. The van der Waals surface area contributed by atoms with Gasteiger partial charge in [0.15, 0.2) is 11.5 Å². The van der Waals surface area contributed by atoms with Gasteiger partial charge in [-0.15, -0.1) is 0 Å². The fourth-order valence-electron chi connectivity index (χ4n) is 3.59. The van der Waals surface area contributed by atoms with E-state index in [-0.39, 0.29) is 18.2 Å². The van der Waals surface area contributed by atoms with Crippen molar-refractivity contribution in [2.75, 3.05) is 27.4 Å². The molecule has 1 aliphatic rings. The van der Waals surface area contributed by atoms with Gasteiger partial charge in [0.05, 0.1) is 26.4 Å². The van der Waals surface area contributed by atoms with Gasteiger partial charge in [-0.25, -0.2) is 4.79 Å². The Morgan fingerprint density at radius 1 is 1.09 bits per heavy atom. The van der Waals surface area contributed by atoms with Crippen molar-refractivity contribution in [3.8, 4) is 11.5 Å². The molecule has 2 rings (SSSR count). The third kappa shape index (κ3) is 9.01. The summed E-state index contributed by atoms with van der Waals surface area (Å²) in [5.41, 5.74) is 1.65. The molecular formula is C25H36O7. The van der Waals surface area contributed by atoms with Crippen molar-refractivity contribution >= 4 is 12.3 Å². The minimum atomic E-state index is -0.253. The van der Waals surface area contributed by atoms with Gasteiger partial charge in [0.25, 0.3) is 0 Å². The highest BCUT2D eigenvalue weighted by molar-refractivity contribution is 5.90. The Hall–Kier alpha value is -2.38. The van der Waals surface area contributed by atoms with Crippen molar-refractivity contribution in [2.24, 2.45) is 0 Å². The predicted octanol–water partition coefficient (Wildman–Crippen LogP) is 4.41. The van der Waals surface area contributed by atoms with Crippen molar-refractivity contribution in [1.29, 1.82) is 0 Å². The minimum Gasteiger partial charge on any atom is -0.493 e. The van der Waals surface area contributed by atoms with E-state index in [9.17, 15) is 9.59 Å². The summed E-state index contributed by atoms with van der Waals surface area (Å²) in [6.07, 6.45) is 8.52. The maximum absolute atomic E-state index is 12.1. The Bertz CT molecular complexity index is 744. The number of carbonyl (C=O) groups is 2. The van der Waals surface area contributed by atoms with E-state index in [1.807, 2.05) is 31.2 Å². The summed E-state index contributed by atoms with van der Waals surface area (Å²) < 4.78 is 27.6. The van der Waals surface area contributed by atoms with Crippen molar-refractivity contribution in [1.82, 2.24) is 0 Å². The lowest BCUT2D eigenvalue weighted by Gasteiger charge is -2.19. The van der Waals surface area contributed by atoms with E-state index < -0.39 is 0 Å². The van der Waals surface area contributed by atoms with Gasteiger partial charge in [-0.05, 0) is 43.5 Å². The first kappa shape index (κ1) is 25.9. The molecule has 1 heterocycles. The number of benzene rings is 1. The number of rotatable bonds is 17. The fraction of sp³-hybridized carbons (Fsp3) is 0.600. The molecule has 7 heteroatoms. The molecule has 1 aromatic carbocycles. The van der Waals surface area contributed by atoms with Gasteiger partial charge in [-0.3, -0.25) is 0 Å². The van der Waals surface area contributed by atoms with Crippen LogP contribution in [0.1, 0.15) is 57.4 Å². The maximum Gasteiger partial charge on any atom is 0.334 e. The molecule has 0 fully saturated rings. The quantitative estimate of drug-likeness (QED) is 0.198. The lowest BCUT2D eigenvalue weighted by Crippen LogP contribution is -2.16. The van der Waals surface area contributed by atoms with Crippen LogP contribution in [-0.4, -0.2) is 51.9 Å². The van der Waals surface area contributed by atoms with Gasteiger partial charge >= 0.3 is 5.97 Å². The number of esters is 1. The molecule has 7 nitrogen and oxygen atoms in total. The number of hydrogen-bond acceptors (Lipinski definition) is 7. The van der Waals surface area contributed by atoms with Crippen LogP contribution in [-0.2, 0) is 30.4 Å². The fourth-order valence-corrected chi connectivity index (χ4v) is 3.59. The van der Waals surface area contributed by atoms with Crippen LogP contribution in [0, 0.1) is 0 Å². The number of hydrogen-bond donors (Lipinski definition) is 0. The predicted molar refractivity (Wildman–Crippen MR) is 121 cm³/mol. The molecule has 2 atom stereocenters. The summed E-state index contributed by atoms with van der Waals surface area (Å²) in [5, 5.41) is 0. The topological polar surface area (TPSA) is 80.3 Å². The summed E-state index contributed by atoms with van der Waals surface area (Å²) in [6, 6.07) is 5.73. The van der Waals surface area contributed by atoms with Crippen LogP contribution in [0.15, 0.2) is 29.8 Å². The zero-order chi connectivity index (χ0) is 23.2. The first-order valence-corrected chi connectivity index (χ1v) is 11.3. The average Bonchev–Trinajstić information content (AvgIpc) is 3.11. The smallest absolute Gasteiger partial charge is 0.334 e.